The third-order valence-electron chi connectivity index (χ3n) is 6.77. The van der Waals surface area contributed by atoms with Gasteiger partial charge in [-0.05, 0) is 5.39 Å². The van der Waals surface area contributed by atoms with Crippen LogP contribution in [-0.4, -0.2) is 17.4 Å². The Morgan fingerprint density at radius 1 is 0.340 bits per heavy atom. The van der Waals surface area contributed by atoms with Crippen LogP contribution in [0.1, 0.15) is 0 Å². The highest BCUT2D eigenvalue weighted by Gasteiger charge is 2.40. The summed E-state index contributed by atoms with van der Waals surface area (Å²) in [7, 11) is -3.21. The Hall–Kier alpha value is -4.91. The molecule has 5 aromatic rings. The first-order valence-electron chi connectivity index (χ1n) is 12.1. The molecule has 0 bridgehead atoms. The van der Waals surface area contributed by atoms with E-state index in [9.17, 15) is 49.6 Å². The zero-order chi connectivity index (χ0) is 35.0. The van der Waals surface area contributed by atoms with E-state index < -0.39 is 144 Å². The Labute approximate surface area is 249 Å². The van der Waals surface area contributed by atoms with E-state index in [-0.39, 0.29) is 0 Å². The lowest BCUT2D eigenvalue weighted by atomic mass is 9.81. The molecule has 0 saturated carbocycles. The maximum absolute atomic E-state index is 15.5. The molecular formula is C28H6BF15O3. The Kier molecular flexibility index (Phi) is 8.34. The summed E-state index contributed by atoms with van der Waals surface area (Å²) < 4.78 is 226. The van der Waals surface area contributed by atoms with Crippen LogP contribution >= 0.6 is 0 Å². The van der Waals surface area contributed by atoms with Gasteiger partial charge in [-0.3, -0.25) is 0 Å². The number of benzene rings is 5. The van der Waals surface area contributed by atoms with Crippen LogP contribution in [0.15, 0.2) is 24.3 Å². The number of rotatable bonds is 5. The first-order chi connectivity index (χ1) is 21.9. The molecule has 0 aliphatic rings. The molecule has 3 nitrogen and oxygen atoms in total. The van der Waals surface area contributed by atoms with Crippen LogP contribution in [0.3, 0.4) is 0 Å². The van der Waals surface area contributed by atoms with E-state index in [0.29, 0.717) is 12.1 Å². The van der Waals surface area contributed by atoms with Crippen LogP contribution in [0.5, 0.6) is 5.75 Å². The van der Waals surface area contributed by atoms with Gasteiger partial charge in [-0.25, -0.2) is 65.9 Å². The van der Waals surface area contributed by atoms with Gasteiger partial charge in [-0.15, -0.1) is 0 Å². The van der Waals surface area contributed by atoms with Gasteiger partial charge in [0.15, 0.2) is 69.8 Å². The molecule has 0 radical (unpaired) electrons. The van der Waals surface area contributed by atoms with Crippen LogP contribution in [0.2, 0.25) is 0 Å². The molecule has 0 aliphatic heterocycles. The van der Waals surface area contributed by atoms with Crippen LogP contribution in [0.25, 0.3) is 44.2 Å². The lowest BCUT2D eigenvalue weighted by Crippen LogP contribution is -2.22. The van der Waals surface area contributed by atoms with Crippen molar-refractivity contribution in [3.05, 3.63) is 112 Å². The molecule has 5 rings (SSSR count). The minimum Gasteiger partial charge on any atom is -0.511 e. The SMILES string of the molecule is OB(O)Oc1c(-c2c(F)c(F)c(F)c(F)c2F)c(-c2c(F)c(F)c(F)c(F)c2F)c(-c2c(F)c(F)c(F)c(F)c2F)c2ccccc12. The first-order valence-corrected chi connectivity index (χ1v) is 12.1. The number of hydrogen-bond acceptors (Lipinski definition) is 3. The van der Waals surface area contributed by atoms with Gasteiger partial charge in [0, 0.05) is 22.1 Å². The monoisotopic (exact) mass is 686 g/mol. The highest BCUT2D eigenvalue weighted by atomic mass is 19.2. The fraction of sp³-hybridized carbons (Fsp3) is 0. The Balaban J connectivity index is 2.29. The molecule has 19 heteroatoms. The fourth-order valence-corrected chi connectivity index (χ4v) is 4.86. The molecule has 0 amide bonds. The minimum atomic E-state index is -3.21. The molecular weight excluding hydrogens is 680 g/mol. The predicted octanol–water partition coefficient (Wildman–Crippen LogP) is 8.28. The minimum absolute atomic E-state index is 0.594. The molecule has 0 atom stereocenters. The molecule has 0 aliphatic carbocycles. The van der Waals surface area contributed by atoms with Crippen molar-refractivity contribution in [2.75, 3.05) is 0 Å². The van der Waals surface area contributed by atoms with Crippen LogP contribution < -0.4 is 4.65 Å². The zero-order valence-electron chi connectivity index (χ0n) is 21.9. The second-order valence-electron chi connectivity index (χ2n) is 9.28. The quantitative estimate of drug-likeness (QED) is 0.0848. The van der Waals surface area contributed by atoms with Gasteiger partial charge in [0.25, 0.3) is 0 Å². The van der Waals surface area contributed by atoms with E-state index >= 15 is 26.3 Å². The molecule has 244 valence electrons. The van der Waals surface area contributed by atoms with Gasteiger partial charge in [-0.2, -0.15) is 0 Å². The lowest BCUT2D eigenvalue weighted by Gasteiger charge is -2.25. The van der Waals surface area contributed by atoms with E-state index in [1.165, 1.54) is 0 Å². The molecule has 0 fully saturated rings. The Morgan fingerprint density at radius 2 is 0.617 bits per heavy atom. The van der Waals surface area contributed by atoms with E-state index in [4.69, 9.17) is 0 Å². The first kappa shape index (κ1) is 33.5. The summed E-state index contributed by atoms with van der Waals surface area (Å²) in [6, 6.07) is 3.01. The number of halogens is 15. The van der Waals surface area contributed by atoms with Crippen molar-refractivity contribution >= 4 is 18.1 Å². The number of hydrogen-bond donors (Lipinski definition) is 2. The molecule has 0 spiro atoms. The fourth-order valence-electron chi connectivity index (χ4n) is 4.86. The van der Waals surface area contributed by atoms with E-state index in [2.05, 4.69) is 4.65 Å². The highest BCUT2D eigenvalue weighted by molar-refractivity contribution is 6.34. The second kappa shape index (κ2) is 11.7. The molecule has 0 saturated heterocycles. The van der Waals surface area contributed by atoms with Crippen LogP contribution in [-0.2, 0) is 0 Å². The van der Waals surface area contributed by atoms with Crippen molar-refractivity contribution in [2.45, 2.75) is 0 Å². The van der Waals surface area contributed by atoms with Crippen molar-refractivity contribution in [2.24, 2.45) is 0 Å². The third kappa shape index (κ3) is 4.82. The summed E-state index contributed by atoms with van der Waals surface area (Å²) in [5.74, 6) is -45.0. The highest BCUT2D eigenvalue weighted by Crippen LogP contribution is 2.55. The van der Waals surface area contributed by atoms with E-state index in [0.717, 1.165) is 12.1 Å². The van der Waals surface area contributed by atoms with Gasteiger partial charge in [0.2, 0.25) is 17.5 Å². The van der Waals surface area contributed by atoms with Gasteiger partial charge in [-0.1, -0.05) is 24.3 Å². The summed E-state index contributed by atoms with van der Waals surface area (Å²) in [4.78, 5) is 0. The van der Waals surface area contributed by atoms with E-state index in [1.807, 2.05) is 0 Å². The molecule has 0 aromatic heterocycles. The van der Waals surface area contributed by atoms with Crippen molar-refractivity contribution in [3.63, 3.8) is 0 Å². The molecule has 0 unspecified atom stereocenters. The Bertz CT molecular complexity index is 2080. The van der Waals surface area contributed by atoms with Crippen molar-refractivity contribution in [3.8, 4) is 39.1 Å². The maximum atomic E-state index is 15.5. The largest absolute Gasteiger partial charge is 0.707 e. The Morgan fingerprint density at radius 3 is 0.957 bits per heavy atom. The van der Waals surface area contributed by atoms with Crippen LogP contribution in [0.4, 0.5) is 65.9 Å². The van der Waals surface area contributed by atoms with E-state index in [1.54, 1.807) is 0 Å². The van der Waals surface area contributed by atoms with Crippen molar-refractivity contribution in [1.82, 2.24) is 0 Å². The average Bonchev–Trinajstić information content (AvgIpc) is 3.04. The van der Waals surface area contributed by atoms with Gasteiger partial charge in [0.05, 0.1) is 16.7 Å². The summed E-state index contributed by atoms with van der Waals surface area (Å²) in [6.45, 7) is 0. The standard InChI is InChI=1S/C28H6BF15O3/c30-13-10(14(31)20(37)25(42)19(13)36)7-5-3-1-2-4-6(5)28(47-29(45)46)9(12-17(34)23(40)27(44)24(41)18(12)35)8(7)11-15(32)21(38)26(43)22(39)16(11)33/h1-4,45-46H. The zero-order valence-corrected chi connectivity index (χ0v) is 21.9. The predicted molar refractivity (Wildman–Crippen MR) is 130 cm³/mol. The maximum Gasteiger partial charge on any atom is 0.707 e. The molecule has 0 heterocycles. The summed E-state index contributed by atoms with van der Waals surface area (Å²) >= 11 is 0. The average molecular weight is 686 g/mol. The molecule has 2 N–H and O–H groups in total. The topological polar surface area (TPSA) is 49.7 Å². The number of fused-ring (bicyclic) bond motifs is 1. The summed E-state index contributed by atoms with van der Waals surface area (Å²) in [5, 5.41) is 17.0. The van der Waals surface area contributed by atoms with Crippen molar-refractivity contribution in [1.29, 1.82) is 0 Å². The molecule has 5 aromatic carbocycles. The van der Waals surface area contributed by atoms with Gasteiger partial charge < -0.3 is 14.7 Å². The van der Waals surface area contributed by atoms with Crippen LogP contribution in [0, 0.1) is 87.3 Å². The summed E-state index contributed by atoms with van der Waals surface area (Å²) in [5.41, 5.74) is -13.3. The normalized spacial score (nSPS) is 11.5. The second-order valence-corrected chi connectivity index (χ2v) is 9.28. The third-order valence-corrected chi connectivity index (χ3v) is 6.77. The van der Waals surface area contributed by atoms with Gasteiger partial charge >= 0.3 is 7.32 Å². The van der Waals surface area contributed by atoms with Gasteiger partial charge in [0.1, 0.15) is 5.75 Å². The summed E-state index contributed by atoms with van der Waals surface area (Å²) in [6.07, 6.45) is 0. The lowest BCUT2D eigenvalue weighted by molar-refractivity contribution is 0.290. The smallest absolute Gasteiger partial charge is 0.511 e. The molecule has 47 heavy (non-hydrogen) atoms. The van der Waals surface area contributed by atoms with Crippen molar-refractivity contribution < 1.29 is 80.6 Å².